The van der Waals surface area contributed by atoms with Crippen LogP contribution in [0.1, 0.15) is 37.6 Å². The van der Waals surface area contributed by atoms with Crippen molar-refractivity contribution in [1.82, 2.24) is 14.3 Å². The molecular formula is C32H34F2N4O5. The van der Waals surface area contributed by atoms with E-state index in [2.05, 4.69) is 10.3 Å². The maximum atomic E-state index is 15.6. The molecule has 0 saturated carbocycles. The molecule has 1 N–H and O–H groups in total. The summed E-state index contributed by atoms with van der Waals surface area (Å²) in [5.74, 6) is -1.81. The highest BCUT2D eigenvalue weighted by atomic mass is 19.1. The van der Waals surface area contributed by atoms with Crippen LogP contribution in [0.3, 0.4) is 0 Å². The molecule has 0 aliphatic carbocycles. The molecular weight excluding hydrogens is 558 g/mol. The summed E-state index contributed by atoms with van der Waals surface area (Å²) in [7, 11) is 0. The molecule has 1 aliphatic heterocycles. The van der Waals surface area contributed by atoms with E-state index in [0.717, 1.165) is 23.3 Å². The van der Waals surface area contributed by atoms with Crippen LogP contribution in [0, 0.1) is 18.6 Å². The van der Waals surface area contributed by atoms with Crippen LogP contribution in [-0.2, 0) is 27.2 Å². The van der Waals surface area contributed by atoms with Crippen LogP contribution in [0.2, 0.25) is 0 Å². The van der Waals surface area contributed by atoms with Crippen molar-refractivity contribution in [2.24, 2.45) is 0 Å². The molecule has 1 fully saturated rings. The van der Waals surface area contributed by atoms with Crippen molar-refractivity contribution < 1.29 is 32.6 Å². The van der Waals surface area contributed by atoms with Gasteiger partial charge in [0.1, 0.15) is 29.5 Å². The molecule has 1 aliphatic rings. The highest BCUT2D eigenvalue weighted by Gasteiger charge is 2.31. The average Bonchev–Trinajstić information content (AvgIpc) is 3.27. The van der Waals surface area contributed by atoms with Crippen molar-refractivity contribution in [3.63, 3.8) is 0 Å². The van der Waals surface area contributed by atoms with Gasteiger partial charge in [-0.3, -0.25) is 5.32 Å². The Morgan fingerprint density at radius 1 is 1.09 bits per heavy atom. The van der Waals surface area contributed by atoms with Crippen LogP contribution in [0.4, 0.5) is 24.1 Å². The number of fused-ring (bicyclic) bond motifs is 1. The summed E-state index contributed by atoms with van der Waals surface area (Å²) in [6, 6.07) is 14.8. The molecule has 2 aromatic carbocycles. The number of rotatable bonds is 6. The first kappa shape index (κ1) is 30.0. The Hall–Kier alpha value is -4.51. The van der Waals surface area contributed by atoms with E-state index in [1.54, 1.807) is 48.4 Å². The third kappa shape index (κ3) is 7.29. The van der Waals surface area contributed by atoms with Gasteiger partial charge in [0.15, 0.2) is 0 Å². The number of aromatic nitrogens is 2. The first-order chi connectivity index (χ1) is 20.5. The number of aryl methyl sites for hydroxylation is 1. The van der Waals surface area contributed by atoms with E-state index < -0.39 is 35.5 Å². The normalized spacial score (nSPS) is 15.4. The minimum absolute atomic E-state index is 0.00827. The summed E-state index contributed by atoms with van der Waals surface area (Å²) in [4.78, 5) is 31.2. The lowest BCUT2D eigenvalue weighted by Gasteiger charge is -2.34. The molecule has 9 nitrogen and oxygen atoms in total. The number of nitrogens with one attached hydrogen (secondary N) is 1. The van der Waals surface area contributed by atoms with Gasteiger partial charge in [0, 0.05) is 24.8 Å². The number of hydrogen-bond donors (Lipinski definition) is 1. The van der Waals surface area contributed by atoms with E-state index in [4.69, 9.17) is 14.2 Å². The number of carbonyl (C=O) groups is 2. The zero-order valence-corrected chi connectivity index (χ0v) is 24.5. The number of imidazole rings is 1. The first-order valence-corrected chi connectivity index (χ1v) is 14.0. The van der Waals surface area contributed by atoms with Gasteiger partial charge in [-0.15, -0.1) is 0 Å². The number of anilines is 1. The molecule has 5 rings (SSSR count). The van der Waals surface area contributed by atoms with Crippen LogP contribution in [0.15, 0.2) is 60.8 Å². The van der Waals surface area contributed by atoms with E-state index in [1.165, 1.54) is 0 Å². The number of nitrogens with zero attached hydrogens (tertiary/aromatic N) is 3. The Morgan fingerprint density at radius 2 is 1.81 bits per heavy atom. The van der Waals surface area contributed by atoms with Crippen LogP contribution in [-0.4, -0.2) is 57.9 Å². The van der Waals surface area contributed by atoms with Gasteiger partial charge in [-0.05, 0) is 63.1 Å². The molecule has 0 bridgehead atoms. The highest BCUT2D eigenvalue weighted by Crippen LogP contribution is 2.33. The summed E-state index contributed by atoms with van der Waals surface area (Å²) in [6.07, 6.45) is 0.261. The molecule has 0 radical (unpaired) electrons. The van der Waals surface area contributed by atoms with E-state index in [-0.39, 0.29) is 36.5 Å². The lowest BCUT2D eigenvalue weighted by atomic mass is 10.0. The Kier molecular flexibility index (Phi) is 8.63. The van der Waals surface area contributed by atoms with Gasteiger partial charge in [-0.2, -0.15) is 0 Å². The van der Waals surface area contributed by atoms with Crippen molar-refractivity contribution in [3.05, 3.63) is 89.2 Å². The monoisotopic (exact) mass is 592 g/mol. The number of halogens is 2. The number of amides is 2. The lowest BCUT2D eigenvalue weighted by molar-refractivity contribution is -0.0418. The second-order valence-corrected chi connectivity index (χ2v) is 11.5. The van der Waals surface area contributed by atoms with Crippen LogP contribution >= 0.6 is 0 Å². The number of benzene rings is 2. The predicted octanol–water partition coefficient (Wildman–Crippen LogP) is 6.52. The molecule has 2 aromatic heterocycles. The zero-order chi connectivity index (χ0) is 30.7. The minimum Gasteiger partial charge on any atom is -0.444 e. The first-order valence-electron chi connectivity index (χ1n) is 14.0. The fourth-order valence-electron chi connectivity index (χ4n) is 4.89. The van der Waals surface area contributed by atoms with Gasteiger partial charge >= 0.3 is 12.2 Å². The SMILES string of the molecule is Cc1ccn2c(C[C@H]3CN(C(=O)OC(C)(C)C)CCO3)c(-c3c(F)cc(NC(=O)OCc4ccccc4)cc3F)nc2c1. The standard InChI is InChI=1S/C32H34F2N4O5/c1-20-10-11-38-26(17-23-18-37(12-13-41-23)31(40)43-32(2,3)4)29(36-27(38)14-20)28-24(33)15-22(16-25(28)34)35-30(39)42-19-21-8-6-5-7-9-21/h5-11,14-16,23H,12-13,17-19H2,1-4H3,(H,35,39)/t23-/m0/s1. The summed E-state index contributed by atoms with van der Waals surface area (Å²) in [5.41, 5.74) is 1.76. The Balaban J connectivity index is 1.40. The second kappa shape index (κ2) is 12.4. The van der Waals surface area contributed by atoms with E-state index in [1.807, 2.05) is 37.3 Å². The number of morpholine rings is 1. The number of hydrogen-bond acceptors (Lipinski definition) is 6. The van der Waals surface area contributed by atoms with Crippen molar-refractivity contribution in [1.29, 1.82) is 0 Å². The molecule has 11 heteroatoms. The average molecular weight is 593 g/mol. The van der Waals surface area contributed by atoms with E-state index in [9.17, 15) is 9.59 Å². The Bertz CT molecular complexity index is 1610. The molecule has 1 atom stereocenters. The van der Waals surface area contributed by atoms with Gasteiger partial charge in [-0.1, -0.05) is 30.3 Å². The summed E-state index contributed by atoms with van der Waals surface area (Å²) >= 11 is 0. The molecule has 0 spiro atoms. The Morgan fingerprint density at radius 3 is 2.51 bits per heavy atom. The summed E-state index contributed by atoms with van der Waals surface area (Å²) in [5, 5.41) is 2.38. The van der Waals surface area contributed by atoms with Crippen molar-refractivity contribution in [2.45, 2.75) is 52.4 Å². The highest BCUT2D eigenvalue weighted by molar-refractivity contribution is 5.85. The third-order valence-electron chi connectivity index (χ3n) is 6.83. The molecule has 226 valence electrons. The molecule has 43 heavy (non-hydrogen) atoms. The largest absolute Gasteiger partial charge is 0.444 e. The second-order valence-electron chi connectivity index (χ2n) is 11.5. The van der Waals surface area contributed by atoms with Gasteiger partial charge in [0.05, 0.1) is 36.2 Å². The smallest absolute Gasteiger partial charge is 0.411 e. The minimum atomic E-state index is -0.903. The van der Waals surface area contributed by atoms with E-state index >= 15 is 8.78 Å². The number of carbonyl (C=O) groups excluding carboxylic acids is 2. The van der Waals surface area contributed by atoms with Gasteiger partial charge in [-0.25, -0.2) is 23.4 Å². The molecule has 4 aromatic rings. The molecule has 3 heterocycles. The maximum absolute atomic E-state index is 15.6. The van der Waals surface area contributed by atoms with Crippen LogP contribution in [0.5, 0.6) is 0 Å². The molecule has 0 unspecified atom stereocenters. The third-order valence-corrected chi connectivity index (χ3v) is 6.83. The fourth-order valence-corrected chi connectivity index (χ4v) is 4.89. The van der Waals surface area contributed by atoms with Crippen LogP contribution in [0.25, 0.3) is 16.9 Å². The van der Waals surface area contributed by atoms with Gasteiger partial charge in [0.25, 0.3) is 0 Å². The molecule has 2 amide bonds. The number of pyridine rings is 1. The van der Waals surface area contributed by atoms with Crippen molar-refractivity contribution in [2.75, 3.05) is 25.0 Å². The Labute approximate surface area is 248 Å². The van der Waals surface area contributed by atoms with E-state index in [0.29, 0.717) is 24.5 Å². The number of ether oxygens (including phenoxy) is 3. The maximum Gasteiger partial charge on any atom is 0.411 e. The quantitative estimate of drug-likeness (QED) is 0.274. The topological polar surface area (TPSA) is 94.4 Å². The van der Waals surface area contributed by atoms with Crippen LogP contribution < -0.4 is 5.32 Å². The van der Waals surface area contributed by atoms with Crippen molar-refractivity contribution in [3.8, 4) is 11.3 Å². The van der Waals surface area contributed by atoms with Gasteiger partial charge in [0.2, 0.25) is 0 Å². The van der Waals surface area contributed by atoms with Gasteiger partial charge < -0.3 is 23.5 Å². The fraction of sp³-hybridized carbons (Fsp3) is 0.344. The summed E-state index contributed by atoms with van der Waals surface area (Å²) < 4.78 is 49.6. The predicted molar refractivity (Wildman–Crippen MR) is 157 cm³/mol. The van der Waals surface area contributed by atoms with Crippen molar-refractivity contribution >= 4 is 23.5 Å². The molecule has 1 saturated heterocycles. The zero-order valence-electron chi connectivity index (χ0n) is 24.5. The lowest BCUT2D eigenvalue weighted by Crippen LogP contribution is -2.48. The summed E-state index contributed by atoms with van der Waals surface area (Å²) in [6.45, 7) is 8.21.